The number of carbonyl (C=O) groups excluding carboxylic acids is 1. The molecule has 0 radical (unpaired) electrons. The molecule has 0 spiro atoms. The van der Waals surface area contributed by atoms with Crippen molar-refractivity contribution in [2.24, 2.45) is 0 Å². The third kappa shape index (κ3) is 4.02. The van der Waals surface area contributed by atoms with E-state index < -0.39 is 0 Å². The summed E-state index contributed by atoms with van der Waals surface area (Å²) in [6.07, 6.45) is 0. The van der Waals surface area contributed by atoms with Gasteiger partial charge in [0.25, 0.3) is 5.91 Å². The zero-order chi connectivity index (χ0) is 16.8. The number of hydrogen-bond donors (Lipinski definition) is 2. The van der Waals surface area contributed by atoms with Crippen molar-refractivity contribution < 1.29 is 4.79 Å². The van der Waals surface area contributed by atoms with Crippen LogP contribution in [0.3, 0.4) is 0 Å². The van der Waals surface area contributed by atoms with Crippen molar-refractivity contribution in [1.29, 1.82) is 0 Å². The maximum absolute atomic E-state index is 12.3. The van der Waals surface area contributed by atoms with Crippen LogP contribution in [0.4, 0.5) is 11.4 Å². The fourth-order valence-corrected chi connectivity index (χ4v) is 2.50. The predicted molar refractivity (Wildman–Crippen MR) is 99.3 cm³/mol. The first-order valence-electron chi connectivity index (χ1n) is 7.97. The number of nitrogens with one attached hydrogen (secondary N) is 2. The number of amides is 1. The van der Waals surface area contributed by atoms with Gasteiger partial charge in [-0.1, -0.05) is 48.5 Å². The molecule has 0 heterocycles. The highest BCUT2D eigenvalue weighted by atomic mass is 16.1. The van der Waals surface area contributed by atoms with E-state index in [0.29, 0.717) is 5.56 Å². The number of aryl methyl sites for hydroxylation is 1. The van der Waals surface area contributed by atoms with Gasteiger partial charge in [0.05, 0.1) is 0 Å². The SMILES string of the molecule is Cc1ccccc1C(=O)Nc1ccc(NCc2ccccc2)cc1. The Morgan fingerprint density at radius 3 is 2.12 bits per heavy atom. The molecular weight excluding hydrogens is 296 g/mol. The Balaban J connectivity index is 1.60. The molecule has 3 aromatic carbocycles. The summed E-state index contributed by atoms with van der Waals surface area (Å²) in [4.78, 5) is 12.3. The Bertz CT molecular complexity index is 811. The van der Waals surface area contributed by atoms with Gasteiger partial charge in [-0.2, -0.15) is 0 Å². The van der Waals surface area contributed by atoms with E-state index in [0.717, 1.165) is 23.5 Å². The third-order valence-corrected chi connectivity index (χ3v) is 3.87. The third-order valence-electron chi connectivity index (χ3n) is 3.87. The van der Waals surface area contributed by atoms with Crippen LogP contribution in [0.2, 0.25) is 0 Å². The first-order chi connectivity index (χ1) is 11.7. The molecule has 0 aliphatic heterocycles. The van der Waals surface area contributed by atoms with Gasteiger partial charge in [-0.3, -0.25) is 4.79 Å². The zero-order valence-electron chi connectivity index (χ0n) is 13.6. The molecule has 3 rings (SSSR count). The van der Waals surface area contributed by atoms with Crippen molar-refractivity contribution in [2.45, 2.75) is 13.5 Å². The Hall–Kier alpha value is -3.07. The number of carbonyl (C=O) groups is 1. The highest BCUT2D eigenvalue weighted by molar-refractivity contribution is 6.05. The maximum atomic E-state index is 12.3. The van der Waals surface area contributed by atoms with Crippen molar-refractivity contribution >= 4 is 17.3 Å². The maximum Gasteiger partial charge on any atom is 0.255 e. The molecule has 0 aromatic heterocycles. The highest BCUT2D eigenvalue weighted by Crippen LogP contribution is 2.16. The van der Waals surface area contributed by atoms with Crippen LogP contribution in [-0.4, -0.2) is 5.91 Å². The fourth-order valence-electron chi connectivity index (χ4n) is 2.50. The minimum absolute atomic E-state index is 0.0851. The van der Waals surface area contributed by atoms with Crippen LogP contribution >= 0.6 is 0 Å². The summed E-state index contributed by atoms with van der Waals surface area (Å²) in [5, 5.41) is 6.30. The number of rotatable bonds is 5. The van der Waals surface area contributed by atoms with Crippen LogP contribution in [0.15, 0.2) is 78.9 Å². The standard InChI is InChI=1S/C21H20N2O/c1-16-7-5-6-10-20(16)21(24)23-19-13-11-18(12-14-19)22-15-17-8-3-2-4-9-17/h2-14,22H,15H2,1H3,(H,23,24). The van der Waals surface area contributed by atoms with E-state index >= 15 is 0 Å². The van der Waals surface area contributed by atoms with Crippen LogP contribution in [0, 0.1) is 6.92 Å². The van der Waals surface area contributed by atoms with Crippen LogP contribution < -0.4 is 10.6 Å². The molecule has 0 atom stereocenters. The Morgan fingerprint density at radius 2 is 1.42 bits per heavy atom. The van der Waals surface area contributed by atoms with Gasteiger partial charge in [-0.15, -0.1) is 0 Å². The fraction of sp³-hybridized carbons (Fsp3) is 0.0952. The first-order valence-corrected chi connectivity index (χ1v) is 7.97. The van der Waals surface area contributed by atoms with Gasteiger partial charge in [0.15, 0.2) is 0 Å². The number of hydrogen-bond acceptors (Lipinski definition) is 2. The molecule has 3 heteroatoms. The van der Waals surface area contributed by atoms with E-state index in [-0.39, 0.29) is 5.91 Å². The topological polar surface area (TPSA) is 41.1 Å². The molecule has 0 saturated carbocycles. The molecule has 3 nitrogen and oxygen atoms in total. The Morgan fingerprint density at radius 1 is 0.792 bits per heavy atom. The molecule has 0 aliphatic carbocycles. The summed E-state index contributed by atoms with van der Waals surface area (Å²) in [6.45, 7) is 2.71. The second kappa shape index (κ2) is 7.47. The molecule has 3 aromatic rings. The molecule has 0 saturated heterocycles. The van der Waals surface area contributed by atoms with E-state index in [2.05, 4.69) is 22.8 Å². The lowest BCUT2D eigenvalue weighted by Gasteiger charge is -2.10. The van der Waals surface area contributed by atoms with Gasteiger partial charge >= 0.3 is 0 Å². The normalized spacial score (nSPS) is 10.2. The van der Waals surface area contributed by atoms with Crippen LogP contribution in [-0.2, 0) is 6.54 Å². The lowest BCUT2D eigenvalue weighted by atomic mass is 10.1. The van der Waals surface area contributed by atoms with E-state index in [1.165, 1.54) is 5.56 Å². The van der Waals surface area contributed by atoms with E-state index in [4.69, 9.17) is 0 Å². The Labute approximate surface area is 142 Å². The summed E-state index contributed by atoms with van der Waals surface area (Å²) in [7, 11) is 0. The average Bonchev–Trinajstić information content (AvgIpc) is 2.62. The zero-order valence-corrected chi connectivity index (χ0v) is 13.6. The summed E-state index contributed by atoms with van der Waals surface area (Å²) in [5.41, 5.74) is 4.70. The van der Waals surface area contributed by atoms with Crippen molar-refractivity contribution in [1.82, 2.24) is 0 Å². The monoisotopic (exact) mass is 316 g/mol. The average molecular weight is 316 g/mol. The Kier molecular flexibility index (Phi) is 4.92. The van der Waals surface area contributed by atoms with Gasteiger partial charge in [0.1, 0.15) is 0 Å². The molecular formula is C21H20N2O. The molecule has 0 unspecified atom stereocenters. The quantitative estimate of drug-likeness (QED) is 0.706. The minimum Gasteiger partial charge on any atom is -0.381 e. The largest absolute Gasteiger partial charge is 0.381 e. The van der Waals surface area contributed by atoms with Gasteiger partial charge in [-0.05, 0) is 48.4 Å². The van der Waals surface area contributed by atoms with Gasteiger partial charge in [-0.25, -0.2) is 0 Å². The van der Waals surface area contributed by atoms with Crippen LogP contribution in [0.1, 0.15) is 21.5 Å². The highest BCUT2D eigenvalue weighted by Gasteiger charge is 2.08. The molecule has 2 N–H and O–H groups in total. The van der Waals surface area contributed by atoms with E-state index in [9.17, 15) is 4.79 Å². The van der Waals surface area contributed by atoms with Crippen LogP contribution in [0.5, 0.6) is 0 Å². The summed E-state index contributed by atoms with van der Waals surface area (Å²) < 4.78 is 0. The van der Waals surface area contributed by atoms with Crippen molar-refractivity contribution in [3.63, 3.8) is 0 Å². The van der Waals surface area contributed by atoms with Crippen molar-refractivity contribution in [3.05, 3.63) is 95.6 Å². The van der Waals surface area contributed by atoms with Gasteiger partial charge in [0, 0.05) is 23.5 Å². The molecule has 0 fully saturated rings. The van der Waals surface area contributed by atoms with Crippen molar-refractivity contribution in [2.75, 3.05) is 10.6 Å². The second-order valence-electron chi connectivity index (χ2n) is 5.69. The van der Waals surface area contributed by atoms with E-state index in [1.54, 1.807) is 0 Å². The smallest absolute Gasteiger partial charge is 0.255 e. The van der Waals surface area contributed by atoms with Gasteiger partial charge < -0.3 is 10.6 Å². The first kappa shape index (κ1) is 15.8. The molecule has 120 valence electrons. The molecule has 1 amide bonds. The number of anilines is 2. The minimum atomic E-state index is -0.0851. The summed E-state index contributed by atoms with van der Waals surface area (Å²) in [6, 6.07) is 25.6. The lowest BCUT2D eigenvalue weighted by Crippen LogP contribution is -2.13. The summed E-state index contributed by atoms with van der Waals surface area (Å²) in [5.74, 6) is -0.0851. The summed E-state index contributed by atoms with van der Waals surface area (Å²) >= 11 is 0. The second-order valence-corrected chi connectivity index (χ2v) is 5.69. The van der Waals surface area contributed by atoms with E-state index in [1.807, 2.05) is 73.7 Å². The molecule has 0 aliphatic rings. The van der Waals surface area contributed by atoms with Gasteiger partial charge in [0.2, 0.25) is 0 Å². The molecule has 24 heavy (non-hydrogen) atoms. The lowest BCUT2D eigenvalue weighted by molar-refractivity contribution is 0.102. The number of benzene rings is 3. The van der Waals surface area contributed by atoms with Crippen molar-refractivity contribution in [3.8, 4) is 0 Å². The molecule has 0 bridgehead atoms. The predicted octanol–water partition coefficient (Wildman–Crippen LogP) is 4.86. The van der Waals surface area contributed by atoms with Crippen LogP contribution in [0.25, 0.3) is 0 Å².